The smallest absolute Gasteiger partial charge is 0.252 e. The van der Waals surface area contributed by atoms with E-state index in [1.807, 2.05) is 24.3 Å². The topological polar surface area (TPSA) is 75.7 Å². The predicted molar refractivity (Wildman–Crippen MR) is 103 cm³/mol. The monoisotopic (exact) mass is 394 g/mol. The maximum absolute atomic E-state index is 12.4. The fourth-order valence-corrected chi connectivity index (χ4v) is 4.85. The Morgan fingerprint density at radius 3 is 2.58 bits per heavy atom. The van der Waals surface area contributed by atoms with Crippen LogP contribution in [0.1, 0.15) is 23.2 Å². The zero-order valence-corrected chi connectivity index (χ0v) is 16.4. The van der Waals surface area contributed by atoms with E-state index in [4.69, 9.17) is 4.74 Å². The van der Waals surface area contributed by atoms with Crippen LogP contribution in [-0.4, -0.2) is 46.8 Å². The van der Waals surface area contributed by atoms with Crippen molar-refractivity contribution >= 4 is 32.8 Å². The summed E-state index contributed by atoms with van der Waals surface area (Å²) in [6.45, 7) is 1.65. The van der Waals surface area contributed by atoms with Gasteiger partial charge in [0.25, 0.3) is 5.91 Å². The van der Waals surface area contributed by atoms with Crippen molar-refractivity contribution in [1.82, 2.24) is 5.32 Å². The Kier molecular flexibility index (Phi) is 5.52. The number of amides is 1. The maximum Gasteiger partial charge on any atom is 0.252 e. The summed E-state index contributed by atoms with van der Waals surface area (Å²) in [5.41, 5.74) is 1.47. The number of benzene rings is 1. The van der Waals surface area contributed by atoms with Crippen LogP contribution in [0.5, 0.6) is 5.75 Å². The molecule has 1 saturated heterocycles. The number of nitrogens with one attached hydrogen (secondary N) is 1. The van der Waals surface area contributed by atoms with Crippen LogP contribution in [0, 0.1) is 0 Å². The molecule has 0 saturated carbocycles. The fraction of sp³-hybridized carbons (Fsp3) is 0.389. The molecular formula is C18H22N2O4S2. The van der Waals surface area contributed by atoms with Crippen molar-refractivity contribution in [2.45, 2.75) is 23.1 Å². The van der Waals surface area contributed by atoms with Crippen LogP contribution in [0.3, 0.4) is 0 Å². The molecule has 0 bridgehead atoms. The number of nitrogens with zero attached hydrogens (tertiary/aromatic N) is 1. The largest absolute Gasteiger partial charge is 0.495 e. The molecule has 26 heavy (non-hydrogen) atoms. The molecule has 1 aliphatic rings. The van der Waals surface area contributed by atoms with Crippen LogP contribution in [0.4, 0.5) is 5.69 Å². The molecule has 0 aliphatic carbocycles. The lowest BCUT2D eigenvalue weighted by Gasteiger charge is -2.34. The summed E-state index contributed by atoms with van der Waals surface area (Å²) in [5, 5.41) is 4.61. The van der Waals surface area contributed by atoms with Crippen molar-refractivity contribution in [2.24, 2.45) is 0 Å². The Hall–Kier alpha value is -2.06. The van der Waals surface area contributed by atoms with Gasteiger partial charge in [-0.15, -0.1) is 11.3 Å². The van der Waals surface area contributed by atoms with Crippen LogP contribution in [-0.2, 0) is 9.84 Å². The van der Waals surface area contributed by atoms with Gasteiger partial charge < -0.3 is 15.0 Å². The number of methoxy groups -OCH3 is 1. The summed E-state index contributed by atoms with van der Waals surface area (Å²) in [6, 6.07) is 9.44. The lowest BCUT2D eigenvalue weighted by atomic mass is 10.0. The molecule has 2 heterocycles. The van der Waals surface area contributed by atoms with E-state index in [0.717, 1.165) is 55.0 Å². The van der Waals surface area contributed by atoms with E-state index in [2.05, 4.69) is 10.2 Å². The summed E-state index contributed by atoms with van der Waals surface area (Å²) in [6.07, 6.45) is 2.80. The maximum atomic E-state index is 12.4. The molecule has 1 aliphatic heterocycles. The summed E-state index contributed by atoms with van der Waals surface area (Å²) < 4.78 is 28.7. The molecule has 1 fully saturated rings. The van der Waals surface area contributed by atoms with Crippen LogP contribution in [0.15, 0.2) is 39.9 Å². The number of piperidine rings is 1. The third kappa shape index (κ3) is 4.19. The molecule has 0 unspecified atom stereocenters. The molecule has 1 amide bonds. The molecule has 0 radical (unpaired) electrons. The first-order chi connectivity index (χ1) is 12.4. The van der Waals surface area contributed by atoms with E-state index in [1.54, 1.807) is 12.5 Å². The van der Waals surface area contributed by atoms with Gasteiger partial charge in [-0.25, -0.2) is 8.42 Å². The number of carbonyl (C=O) groups is 1. The average molecular weight is 395 g/mol. The zero-order valence-electron chi connectivity index (χ0n) is 14.8. The summed E-state index contributed by atoms with van der Waals surface area (Å²) in [7, 11) is -1.61. The third-order valence-corrected chi connectivity index (χ3v) is 7.23. The molecule has 140 valence electrons. The number of hydrogen-bond donors (Lipinski definition) is 1. The molecule has 2 aromatic rings. The van der Waals surface area contributed by atoms with Gasteiger partial charge in [-0.3, -0.25) is 4.79 Å². The number of para-hydroxylation sites is 2. The van der Waals surface area contributed by atoms with E-state index in [-0.39, 0.29) is 16.2 Å². The quantitative estimate of drug-likeness (QED) is 0.844. The normalized spacial score (nSPS) is 15.7. The third-order valence-electron chi connectivity index (χ3n) is 4.46. The minimum atomic E-state index is -3.27. The van der Waals surface area contributed by atoms with Gasteiger partial charge in [0, 0.05) is 30.8 Å². The number of rotatable bonds is 5. The van der Waals surface area contributed by atoms with E-state index < -0.39 is 9.84 Å². The van der Waals surface area contributed by atoms with E-state index in [0.29, 0.717) is 5.56 Å². The number of sulfone groups is 1. The second kappa shape index (κ2) is 7.67. The van der Waals surface area contributed by atoms with Crippen LogP contribution >= 0.6 is 11.3 Å². The number of thiophene rings is 1. The van der Waals surface area contributed by atoms with Gasteiger partial charge in [0.05, 0.1) is 18.4 Å². The Labute approximate surface area is 157 Å². The van der Waals surface area contributed by atoms with Crippen molar-refractivity contribution in [2.75, 3.05) is 31.4 Å². The van der Waals surface area contributed by atoms with Gasteiger partial charge in [0.1, 0.15) is 9.96 Å². The highest BCUT2D eigenvalue weighted by Crippen LogP contribution is 2.30. The molecule has 0 atom stereocenters. The predicted octanol–water partition coefficient (Wildman–Crippen LogP) is 2.56. The van der Waals surface area contributed by atoms with Crippen LogP contribution in [0.25, 0.3) is 0 Å². The molecule has 6 nitrogen and oxygen atoms in total. The van der Waals surface area contributed by atoms with E-state index in [9.17, 15) is 13.2 Å². The minimum absolute atomic E-state index is 0.0787. The van der Waals surface area contributed by atoms with E-state index in [1.165, 1.54) is 6.07 Å². The molecule has 1 aromatic heterocycles. The summed E-state index contributed by atoms with van der Waals surface area (Å²) in [5.74, 6) is 0.633. The Balaban J connectivity index is 1.59. The first-order valence-electron chi connectivity index (χ1n) is 8.36. The summed E-state index contributed by atoms with van der Waals surface area (Å²) >= 11 is 1.08. The van der Waals surface area contributed by atoms with Gasteiger partial charge in [0.15, 0.2) is 9.84 Å². The van der Waals surface area contributed by atoms with Crippen LogP contribution in [0.2, 0.25) is 0 Å². The number of carbonyl (C=O) groups excluding carboxylic acids is 1. The highest BCUT2D eigenvalue weighted by atomic mass is 32.2. The molecule has 0 spiro atoms. The van der Waals surface area contributed by atoms with Crippen molar-refractivity contribution in [3.8, 4) is 5.75 Å². The SMILES string of the molecule is COc1ccccc1N1CCC(NC(=O)c2csc(S(C)(=O)=O)c2)CC1. The standard InChI is InChI=1S/C18H22N2O4S2/c1-24-16-6-4-3-5-15(16)20-9-7-14(8-10-20)19-18(21)13-11-17(25-12-13)26(2,22)23/h3-6,11-12,14H,7-10H2,1-2H3,(H,19,21). The van der Waals surface area contributed by atoms with Crippen molar-refractivity contribution in [1.29, 1.82) is 0 Å². The van der Waals surface area contributed by atoms with Crippen molar-refractivity contribution in [3.63, 3.8) is 0 Å². The molecule has 8 heteroatoms. The molecule has 1 aromatic carbocycles. The lowest BCUT2D eigenvalue weighted by Crippen LogP contribution is -2.44. The van der Waals surface area contributed by atoms with Gasteiger partial charge >= 0.3 is 0 Å². The number of ether oxygens (including phenoxy) is 1. The zero-order chi connectivity index (χ0) is 18.7. The molecule has 1 N–H and O–H groups in total. The summed E-state index contributed by atoms with van der Waals surface area (Å²) in [4.78, 5) is 14.6. The molecular weight excluding hydrogens is 372 g/mol. The Morgan fingerprint density at radius 1 is 1.27 bits per heavy atom. The Morgan fingerprint density at radius 2 is 1.96 bits per heavy atom. The van der Waals surface area contributed by atoms with Crippen molar-refractivity contribution < 1.29 is 17.9 Å². The number of hydrogen-bond acceptors (Lipinski definition) is 6. The Bertz CT molecular complexity index is 884. The van der Waals surface area contributed by atoms with Crippen LogP contribution < -0.4 is 15.0 Å². The average Bonchev–Trinajstić information content (AvgIpc) is 3.13. The van der Waals surface area contributed by atoms with E-state index >= 15 is 0 Å². The first kappa shape index (κ1) is 18.7. The lowest BCUT2D eigenvalue weighted by molar-refractivity contribution is 0.0931. The molecule has 3 rings (SSSR count). The minimum Gasteiger partial charge on any atom is -0.495 e. The highest BCUT2D eigenvalue weighted by molar-refractivity contribution is 7.92. The second-order valence-corrected chi connectivity index (χ2v) is 9.49. The first-order valence-corrected chi connectivity index (χ1v) is 11.1. The van der Waals surface area contributed by atoms with Gasteiger partial charge in [-0.05, 0) is 31.0 Å². The van der Waals surface area contributed by atoms with Crippen molar-refractivity contribution in [3.05, 3.63) is 41.3 Å². The van der Waals surface area contributed by atoms with Gasteiger partial charge in [0.2, 0.25) is 0 Å². The highest BCUT2D eigenvalue weighted by Gasteiger charge is 2.23. The fourth-order valence-electron chi connectivity index (χ4n) is 3.05. The second-order valence-electron chi connectivity index (χ2n) is 6.33. The number of anilines is 1. The van der Waals surface area contributed by atoms with Gasteiger partial charge in [-0.2, -0.15) is 0 Å². The van der Waals surface area contributed by atoms with Gasteiger partial charge in [-0.1, -0.05) is 12.1 Å².